The molecule has 2 aromatic heterocycles. The minimum atomic E-state index is -0.914. The number of fused-ring (bicyclic) bond motifs is 1. The first-order valence-electron chi connectivity index (χ1n) is 16.7. The van der Waals surface area contributed by atoms with Crippen molar-refractivity contribution in [3.8, 4) is 16.9 Å². The Kier molecular flexibility index (Phi) is 10.9. The molecule has 0 saturated carbocycles. The van der Waals surface area contributed by atoms with Crippen LogP contribution < -0.4 is 16.2 Å². The number of likely N-dealkylation sites (tertiary alicyclic amines) is 1. The molecule has 50 heavy (non-hydrogen) atoms. The summed E-state index contributed by atoms with van der Waals surface area (Å²) in [5.74, 6) is 0.470. The Morgan fingerprint density at radius 1 is 1.00 bits per heavy atom. The van der Waals surface area contributed by atoms with Gasteiger partial charge in [0.2, 0.25) is 5.56 Å². The predicted octanol–water partition coefficient (Wildman–Crippen LogP) is 5.10. The number of carbonyl (C=O) groups is 2. The Bertz CT molecular complexity index is 1980. The van der Waals surface area contributed by atoms with E-state index in [2.05, 4.69) is 20.5 Å². The van der Waals surface area contributed by atoms with E-state index in [1.807, 2.05) is 54.6 Å². The summed E-state index contributed by atoms with van der Waals surface area (Å²) in [4.78, 5) is 44.0. The summed E-state index contributed by atoms with van der Waals surface area (Å²) in [5, 5.41) is 27.5. The number of amides is 2. The van der Waals surface area contributed by atoms with Crippen molar-refractivity contribution in [2.45, 2.75) is 31.6 Å². The van der Waals surface area contributed by atoms with Crippen molar-refractivity contribution in [1.82, 2.24) is 20.1 Å². The minimum absolute atomic E-state index is 0.0720. The third-order valence-electron chi connectivity index (χ3n) is 8.93. The monoisotopic (exact) mass is 679 g/mol. The maximum absolute atomic E-state index is 13.1. The quantitative estimate of drug-likeness (QED) is 0.121. The number of phenolic OH excluding ortho intramolecular Hbond substituents is 1. The summed E-state index contributed by atoms with van der Waals surface area (Å²) in [7, 11) is 1.74. The van der Waals surface area contributed by atoms with E-state index in [4.69, 9.17) is 9.15 Å². The van der Waals surface area contributed by atoms with Crippen molar-refractivity contribution in [1.29, 1.82) is 0 Å². The molecule has 0 radical (unpaired) electrons. The molecule has 5 N–H and O–H groups in total. The summed E-state index contributed by atoms with van der Waals surface area (Å²) < 4.78 is 11.5. The molecule has 1 aliphatic rings. The highest BCUT2D eigenvalue weighted by Crippen LogP contribution is 2.29. The van der Waals surface area contributed by atoms with Crippen molar-refractivity contribution in [3.63, 3.8) is 0 Å². The van der Waals surface area contributed by atoms with E-state index in [1.54, 1.807) is 36.2 Å². The maximum Gasteiger partial charge on any atom is 0.411 e. The first-order valence-corrected chi connectivity index (χ1v) is 16.7. The molecular formula is C38H41N5O7. The Labute approximate surface area is 289 Å². The number of para-hydroxylation sites is 1. The summed E-state index contributed by atoms with van der Waals surface area (Å²) in [6, 6.07) is 26.9. The number of nitrogens with zero attached hydrogens (tertiary/aromatic N) is 2. The number of pyridine rings is 1. The van der Waals surface area contributed by atoms with Crippen LogP contribution in [0.15, 0.2) is 100 Å². The molecule has 1 aliphatic heterocycles. The molecule has 6 rings (SSSR count). The molecule has 3 aromatic carbocycles. The van der Waals surface area contributed by atoms with Crippen LogP contribution in [-0.2, 0) is 11.3 Å². The van der Waals surface area contributed by atoms with E-state index in [0.717, 1.165) is 24.2 Å². The predicted molar refractivity (Wildman–Crippen MR) is 190 cm³/mol. The molecule has 12 heteroatoms. The minimum Gasteiger partial charge on any atom is -0.506 e. The van der Waals surface area contributed by atoms with Crippen molar-refractivity contribution in [2.75, 3.05) is 45.1 Å². The number of hydrogen-bond donors (Lipinski definition) is 5. The van der Waals surface area contributed by atoms with E-state index in [9.17, 15) is 24.6 Å². The lowest BCUT2D eigenvalue weighted by Crippen LogP contribution is -2.42. The summed E-state index contributed by atoms with van der Waals surface area (Å²) >= 11 is 0. The molecule has 3 heterocycles. The number of hydrogen-bond acceptors (Lipinski definition) is 9. The van der Waals surface area contributed by atoms with Crippen LogP contribution in [0.1, 0.15) is 40.8 Å². The lowest BCUT2D eigenvalue weighted by molar-refractivity contribution is 0.0534. The number of nitrogens with one attached hydrogen (secondary N) is 3. The van der Waals surface area contributed by atoms with Gasteiger partial charge < -0.3 is 39.5 Å². The second kappa shape index (κ2) is 15.9. The molecule has 12 nitrogen and oxygen atoms in total. The molecule has 0 aliphatic carbocycles. The number of aromatic amines is 1. The normalized spacial score (nSPS) is 14.4. The zero-order valence-corrected chi connectivity index (χ0v) is 27.8. The highest BCUT2D eigenvalue weighted by Gasteiger charge is 2.24. The molecule has 1 atom stereocenters. The fourth-order valence-electron chi connectivity index (χ4n) is 6.16. The van der Waals surface area contributed by atoms with Gasteiger partial charge in [0, 0.05) is 56.8 Å². The summed E-state index contributed by atoms with van der Waals surface area (Å²) in [6.07, 6.45) is -0.154. The standard InChI is InChI=1S/C38H41N5O7/c1-42(21-22-43-19-17-26(18-20-43)50-38(48)40-31-10-6-5-9-28(31)25-7-3-2-4-8-25)37(47)34-15-11-27(49-34)23-39-24-33(45)29-12-14-32(44)36-30(29)13-16-35(46)41-36/h2-16,26,33,39,44-45H,17-24H2,1H3,(H,40,48)(H,41,46)/t33-/m1/s1. The van der Waals surface area contributed by atoms with E-state index in [0.29, 0.717) is 48.3 Å². The van der Waals surface area contributed by atoms with E-state index in [1.165, 1.54) is 12.1 Å². The number of furan rings is 1. The second-order valence-corrected chi connectivity index (χ2v) is 12.4. The third-order valence-corrected chi connectivity index (χ3v) is 8.93. The topological polar surface area (TPSA) is 160 Å². The number of aliphatic hydroxyl groups excluding tert-OH is 1. The smallest absolute Gasteiger partial charge is 0.411 e. The Morgan fingerprint density at radius 3 is 2.56 bits per heavy atom. The number of phenols is 1. The summed E-state index contributed by atoms with van der Waals surface area (Å²) in [6.45, 7) is 3.15. The molecule has 260 valence electrons. The van der Waals surface area contributed by atoms with Gasteiger partial charge in [-0.3, -0.25) is 14.9 Å². The van der Waals surface area contributed by atoms with E-state index in [-0.39, 0.29) is 47.7 Å². The van der Waals surface area contributed by atoms with Crippen molar-refractivity contribution in [2.24, 2.45) is 0 Å². The zero-order valence-electron chi connectivity index (χ0n) is 27.8. The molecule has 1 fully saturated rings. The van der Waals surface area contributed by atoms with E-state index >= 15 is 0 Å². The van der Waals surface area contributed by atoms with Gasteiger partial charge in [0.1, 0.15) is 17.6 Å². The van der Waals surface area contributed by atoms with Crippen molar-refractivity contribution >= 4 is 28.6 Å². The zero-order chi connectivity index (χ0) is 35.0. The Morgan fingerprint density at radius 2 is 1.76 bits per heavy atom. The number of carbonyl (C=O) groups excluding carboxylic acids is 2. The van der Waals surface area contributed by atoms with Crippen LogP contribution in [0.5, 0.6) is 5.75 Å². The number of anilines is 1. The van der Waals surface area contributed by atoms with Gasteiger partial charge in [-0.2, -0.15) is 0 Å². The van der Waals surface area contributed by atoms with Crippen LogP contribution in [0.4, 0.5) is 10.5 Å². The van der Waals surface area contributed by atoms with Gasteiger partial charge in [-0.1, -0.05) is 54.6 Å². The van der Waals surface area contributed by atoms with Gasteiger partial charge >= 0.3 is 6.09 Å². The number of rotatable bonds is 12. The average molecular weight is 680 g/mol. The third kappa shape index (κ3) is 8.40. The van der Waals surface area contributed by atoms with Crippen LogP contribution in [0.2, 0.25) is 0 Å². The van der Waals surface area contributed by atoms with Crippen LogP contribution >= 0.6 is 0 Å². The first kappa shape index (κ1) is 34.4. The van der Waals surface area contributed by atoms with Crippen molar-refractivity contribution in [3.05, 3.63) is 118 Å². The molecular weight excluding hydrogens is 638 g/mol. The average Bonchev–Trinajstić information content (AvgIpc) is 3.60. The number of ether oxygens (including phenoxy) is 1. The lowest BCUT2D eigenvalue weighted by atomic mass is 10.0. The number of benzene rings is 3. The first-order chi connectivity index (χ1) is 24.2. The van der Waals surface area contributed by atoms with E-state index < -0.39 is 12.2 Å². The van der Waals surface area contributed by atoms with Crippen LogP contribution in [-0.4, -0.2) is 82.9 Å². The Balaban J connectivity index is 0.911. The number of aromatic nitrogens is 1. The fraction of sp³-hybridized carbons (Fsp3) is 0.289. The SMILES string of the molecule is CN(CCN1CCC(OC(=O)Nc2ccccc2-c2ccccc2)CC1)C(=O)c1ccc(CNC[C@@H](O)c2ccc(O)c3[nH]c(=O)ccc23)o1. The fourth-order valence-corrected chi connectivity index (χ4v) is 6.16. The second-order valence-electron chi connectivity index (χ2n) is 12.4. The van der Waals surface area contributed by atoms with Crippen LogP contribution in [0.3, 0.4) is 0 Å². The number of piperidine rings is 1. The lowest BCUT2D eigenvalue weighted by Gasteiger charge is -2.32. The van der Waals surface area contributed by atoms with Crippen LogP contribution in [0.25, 0.3) is 22.0 Å². The number of likely N-dealkylation sites (N-methyl/N-ethyl adjacent to an activating group) is 1. The Hall–Kier alpha value is -5.43. The van der Waals surface area contributed by atoms with Crippen LogP contribution in [0, 0.1) is 0 Å². The van der Waals surface area contributed by atoms with Gasteiger partial charge in [-0.25, -0.2) is 4.79 Å². The number of aromatic hydroxyl groups is 1. The molecule has 0 unspecified atom stereocenters. The molecule has 1 saturated heterocycles. The highest BCUT2D eigenvalue weighted by atomic mass is 16.6. The highest BCUT2D eigenvalue weighted by molar-refractivity contribution is 5.92. The van der Waals surface area contributed by atoms with Gasteiger partial charge in [0.05, 0.1) is 23.9 Å². The maximum atomic E-state index is 13.1. The molecule has 0 bridgehead atoms. The molecule has 2 amide bonds. The van der Waals surface area contributed by atoms with Crippen molar-refractivity contribution < 1.29 is 29.0 Å². The molecule has 5 aromatic rings. The largest absolute Gasteiger partial charge is 0.506 e. The summed E-state index contributed by atoms with van der Waals surface area (Å²) in [5.41, 5.74) is 3.13. The number of aliphatic hydroxyl groups is 1. The van der Waals surface area contributed by atoms with Gasteiger partial charge in [-0.15, -0.1) is 0 Å². The van der Waals surface area contributed by atoms with Gasteiger partial charge in [0.25, 0.3) is 5.91 Å². The van der Waals surface area contributed by atoms with Gasteiger partial charge in [0.15, 0.2) is 5.76 Å². The van der Waals surface area contributed by atoms with Gasteiger partial charge in [-0.05, 0) is 54.3 Å². The molecule has 0 spiro atoms. The number of H-pyrrole nitrogens is 1.